The lowest BCUT2D eigenvalue weighted by Crippen LogP contribution is -2.60. The van der Waals surface area contributed by atoms with Crippen molar-refractivity contribution >= 4 is 5.91 Å². The average molecular weight is 858 g/mol. The Morgan fingerprint density at radius 3 is 1.23 bits per heavy atom. The fraction of sp³-hybridized carbons (Fsp3) is 0.980. The van der Waals surface area contributed by atoms with Gasteiger partial charge in [-0.15, -0.1) is 0 Å². The molecule has 0 spiro atoms. The largest absolute Gasteiger partial charge is 0.394 e. The van der Waals surface area contributed by atoms with Crippen LogP contribution in [0, 0.1) is 0 Å². The van der Waals surface area contributed by atoms with Gasteiger partial charge in [-0.25, -0.2) is 0 Å². The Morgan fingerprint density at radius 2 is 0.867 bits per heavy atom. The van der Waals surface area contributed by atoms with Gasteiger partial charge in [0.1, 0.15) is 30.5 Å². The van der Waals surface area contributed by atoms with E-state index in [1.807, 2.05) is 0 Å². The molecule has 10 nitrogen and oxygen atoms in total. The molecule has 358 valence electrons. The fourth-order valence-electron chi connectivity index (χ4n) is 8.61. The minimum absolute atomic E-state index is 0.252. The predicted octanol–water partition coefficient (Wildman–Crippen LogP) is 10.5. The van der Waals surface area contributed by atoms with Crippen LogP contribution in [0.5, 0.6) is 0 Å². The highest BCUT2D eigenvalue weighted by atomic mass is 16.7. The normalized spacial score (nSPS) is 21.0. The summed E-state index contributed by atoms with van der Waals surface area (Å²) in [7, 11) is 0. The van der Waals surface area contributed by atoms with E-state index >= 15 is 0 Å². The van der Waals surface area contributed by atoms with Crippen LogP contribution in [0.3, 0.4) is 0 Å². The molecule has 0 saturated carbocycles. The first-order valence-electron chi connectivity index (χ1n) is 25.8. The van der Waals surface area contributed by atoms with Crippen molar-refractivity contribution < 1.29 is 44.9 Å². The lowest BCUT2D eigenvalue weighted by Gasteiger charge is -2.40. The number of carbonyl (C=O) groups excluding carboxylic acids is 1. The number of hydrogen-bond donors (Lipinski definition) is 7. The highest BCUT2D eigenvalue weighted by molar-refractivity contribution is 5.76. The van der Waals surface area contributed by atoms with Gasteiger partial charge in [0.2, 0.25) is 5.91 Å². The highest BCUT2D eigenvalue weighted by Crippen LogP contribution is 2.23. The topological polar surface area (TPSA) is 169 Å². The second-order valence-corrected chi connectivity index (χ2v) is 18.5. The molecule has 1 heterocycles. The first-order chi connectivity index (χ1) is 29.3. The molecule has 0 unspecified atom stereocenters. The molecule has 0 aromatic heterocycles. The van der Waals surface area contributed by atoms with Gasteiger partial charge in [-0.3, -0.25) is 4.79 Å². The molecule has 1 rings (SSSR count). The number of aliphatic hydroxyl groups excluding tert-OH is 6. The van der Waals surface area contributed by atoms with E-state index < -0.39 is 55.6 Å². The molecule has 0 radical (unpaired) electrons. The summed E-state index contributed by atoms with van der Waals surface area (Å²) in [4.78, 5) is 13.0. The van der Waals surface area contributed by atoms with Crippen LogP contribution in [0.2, 0.25) is 0 Å². The van der Waals surface area contributed by atoms with E-state index in [4.69, 9.17) is 9.47 Å². The second-order valence-electron chi connectivity index (χ2n) is 18.5. The minimum atomic E-state index is -1.60. The van der Waals surface area contributed by atoms with Crippen LogP contribution in [0.1, 0.15) is 251 Å². The Bertz CT molecular complexity index is 926. The maximum Gasteiger partial charge on any atom is 0.220 e. The van der Waals surface area contributed by atoms with Crippen LogP contribution in [0.25, 0.3) is 0 Å². The van der Waals surface area contributed by atoms with Crippen molar-refractivity contribution in [1.82, 2.24) is 5.32 Å². The zero-order valence-corrected chi connectivity index (χ0v) is 39.1. The Kier molecular flexibility index (Phi) is 39.0. The van der Waals surface area contributed by atoms with Crippen molar-refractivity contribution in [2.75, 3.05) is 13.2 Å². The zero-order valence-electron chi connectivity index (χ0n) is 39.1. The Labute approximate surface area is 368 Å². The number of amides is 1. The summed E-state index contributed by atoms with van der Waals surface area (Å²) in [6, 6.07) is -0.985. The van der Waals surface area contributed by atoms with Crippen LogP contribution in [0.4, 0.5) is 0 Å². The van der Waals surface area contributed by atoms with Gasteiger partial charge in [-0.05, 0) is 12.8 Å². The quantitative estimate of drug-likeness (QED) is 0.0295. The van der Waals surface area contributed by atoms with Crippen LogP contribution in [-0.2, 0) is 14.3 Å². The summed E-state index contributed by atoms with van der Waals surface area (Å²) in [6.45, 7) is 3.63. The smallest absolute Gasteiger partial charge is 0.220 e. The number of carbonyl (C=O) groups is 1. The van der Waals surface area contributed by atoms with Gasteiger partial charge >= 0.3 is 0 Å². The second kappa shape index (κ2) is 40.9. The Morgan fingerprint density at radius 1 is 0.517 bits per heavy atom. The molecular weight excluding hydrogens is 759 g/mol. The van der Waals surface area contributed by atoms with Crippen LogP contribution < -0.4 is 5.32 Å². The lowest BCUT2D eigenvalue weighted by molar-refractivity contribution is -0.303. The van der Waals surface area contributed by atoms with Gasteiger partial charge in [0.25, 0.3) is 0 Å². The number of unbranched alkanes of at least 4 members (excludes halogenated alkanes) is 33. The van der Waals surface area contributed by atoms with Gasteiger partial charge in [-0.1, -0.05) is 232 Å². The van der Waals surface area contributed by atoms with Crippen molar-refractivity contribution in [3.8, 4) is 0 Å². The predicted molar refractivity (Wildman–Crippen MR) is 246 cm³/mol. The molecule has 0 bridgehead atoms. The van der Waals surface area contributed by atoms with E-state index in [9.17, 15) is 35.4 Å². The first-order valence-corrected chi connectivity index (χ1v) is 25.8. The van der Waals surface area contributed by atoms with E-state index in [0.717, 1.165) is 38.5 Å². The van der Waals surface area contributed by atoms with E-state index in [-0.39, 0.29) is 18.9 Å². The summed E-state index contributed by atoms with van der Waals surface area (Å²) in [5.74, 6) is -0.252. The standard InChI is InChI=1S/C50H99NO9/c1-3-5-7-9-11-13-15-17-18-19-20-21-22-23-24-25-26-27-29-31-33-35-37-39-45(54)51-42(41-59-50-49(58)48(57)47(56)44(40-52)60-50)46(55)43(53)38-36-34-32-30-28-16-14-12-10-8-6-4-2/h42-44,46-50,52-53,55-58H,3-41H2,1-2H3,(H,51,54)/t42-,43+,44+,46+,47-,48-,49+,50-/m0/s1. The van der Waals surface area contributed by atoms with Gasteiger partial charge in [-0.2, -0.15) is 0 Å². The van der Waals surface area contributed by atoms with E-state index in [1.54, 1.807) is 0 Å². The molecule has 0 aliphatic carbocycles. The van der Waals surface area contributed by atoms with E-state index in [0.29, 0.717) is 6.42 Å². The monoisotopic (exact) mass is 858 g/mol. The number of hydrogen-bond acceptors (Lipinski definition) is 9. The zero-order chi connectivity index (χ0) is 43.9. The third kappa shape index (κ3) is 30.3. The summed E-state index contributed by atoms with van der Waals surface area (Å²) < 4.78 is 11.2. The Balaban J connectivity index is 2.26. The molecule has 1 aliphatic rings. The van der Waals surface area contributed by atoms with Gasteiger partial charge in [0, 0.05) is 6.42 Å². The minimum Gasteiger partial charge on any atom is -0.394 e. The summed E-state index contributed by atoms with van der Waals surface area (Å²) >= 11 is 0. The molecule has 1 fully saturated rings. The molecule has 0 aromatic carbocycles. The maximum atomic E-state index is 13.0. The molecule has 10 heteroatoms. The van der Waals surface area contributed by atoms with E-state index in [1.165, 1.54) is 186 Å². The third-order valence-corrected chi connectivity index (χ3v) is 12.8. The van der Waals surface area contributed by atoms with Gasteiger partial charge < -0.3 is 45.4 Å². The molecule has 8 atom stereocenters. The van der Waals surface area contributed by atoms with Gasteiger partial charge in [0.15, 0.2) is 6.29 Å². The lowest BCUT2D eigenvalue weighted by atomic mass is 9.98. The number of rotatable bonds is 44. The number of aliphatic hydroxyl groups is 6. The first kappa shape index (κ1) is 57.2. The summed E-state index contributed by atoms with van der Waals surface area (Å²) in [6.07, 6.45) is 35.5. The van der Waals surface area contributed by atoms with Crippen LogP contribution in [0.15, 0.2) is 0 Å². The molecule has 0 aromatic rings. The molecule has 1 saturated heterocycles. The third-order valence-electron chi connectivity index (χ3n) is 12.8. The molecular formula is C50H99NO9. The molecule has 7 N–H and O–H groups in total. The molecule has 60 heavy (non-hydrogen) atoms. The van der Waals surface area contributed by atoms with Crippen molar-refractivity contribution in [2.45, 2.75) is 300 Å². The Hall–Kier alpha value is -0.850. The van der Waals surface area contributed by atoms with Gasteiger partial charge in [0.05, 0.1) is 25.4 Å². The van der Waals surface area contributed by atoms with Crippen molar-refractivity contribution in [3.63, 3.8) is 0 Å². The summed E-state index contributed by atoms with van der Waals surface area (Å²) in [5.41, 5.74) is 0. The summed E-state index contributed by atoms with van der Waals surface area (Å²) in [5, 5.41) is 65.3. The SMILES string of the molecule is CCCCCCCCCCCCCCCCCCCCCCCCCC(=O)N[C@@H](CO[C@H]1O[C@H](CO)[C@H](O)[C@H](O)[C@H]1O)[C@@H](O)[C@H](O)CCCCCCCCCCCCCC. The van der Waals surface area contributed by atoms with Crippen molar-refractivity contribution in [1.29, 1.82) is 0 Å². The maximum absolute atomic E-state index is 13.0. The molecule has 1 amide bonds. The van der Waals surface area contributed by atoms with Crippen molar-refractivity contribution in [3.05, 3.63) is 0 Å². The fourth-order valence-corrected chi connectivity index (χ4v) is 8.61. The van der Waals surface area contributed by atoms with Crippen LogP contribution >= 0.6 is 0 Å². The van der Waals surface area contributed by atoms with Crippen LogP contribution in [-0.4, -0.2) is 98.7 Å². The molecule has 1 aliphatic heterocycles. The van der Waals surface area contributed by atoms with E-state index in [2.05, 4.69) is 19.2 Å². The highest BCUT2D eigenvalue weighted by Gasteiger charge is 2.44. The number of nitrogens with one attached hydrogen (secondary N) is 1. The number of ether oxygens (including phenoxy) is 2. The average Bonchev–Trinajstić information content (AvgIpc) is 3.25. The van der Waals surface area contributed by atoms with Crippen molar-refractivity contribution in [2.24, 2.45) is 0 Å².